The van der Waals surface area contributed by atoms with Gasteiger partial charge in [0.1, 0.15) is 18.0 Å². The van der Waals surface area contributed by atoms with Crippen molar-refractivity contribution >= 4 is 27.5 Å². The highest BCUT2D eigenvalue weighted by atomic mass is 79.9. The molecule has 4 heteroatoms. The van der Waals surface area contributed by atoms with E-state index in [9.17, 15) is 0 Å². The van der Waals surface area contributed by atoms with E-state index in [1.165, 1.54) is 0 Å². The highest BCUT2D eigenvalue weighted by Crippen LogP contribution is 2.36. The highest BCUT2D eigenvalue weighted by Gasteiger charge is 2.42. The molecule has 0 bridgehead atoms. The maximum atomic E-state index is 6.09. The minimum atomic E-state index is 0.132. The Morgan fingerprint density at radius 2 is 1.94 bits per heavy atom. The molecule has 0 heterocycles. The number of rotatable bonds is 4. The van der Waals surface area contributed by atoms with E-state index in [2.05, 4.69) is 15.9 Å². The fraction of sp³-hybridized carbons (Fsp3) is 0.571. The summed E-state index contributed by atoms with van der Waals surface area (Å²) in [5.74, 6) is 0.938. The lowest BCUT2D eigenvalue weighted by atomic mass is 9.91. The van der Waals surface area contributed by atoms with Crippen molar-refractivity contribution in [2.75, 3.05) is 6.61 Å². The normalized spacial score (nSPS) is 26.8. The zero-order chi connectivity index (χ0) is 13.3. The monoisotopic (exact) mass is 332 g/mol. The van der Waals surface area contributed by atoms with Crippen LogP contribution in [0.25, 0.3) is 0 Å². The zero-order valence-corrected chi connectivity index (χ0v) is 13.2. The largest absolute Gasteiger partial charge is 0.487 e. The third-order valence-corrected chi connectivity index (χ3v) is 4.35. The van der Waals surface area contributed by atoms with Gasteiger partial charge in [0.2, 0.25) is 0 Å². The van der Waals surface area contributed by atoms with Crippen molar-refractivity contribution in [1.29, 1.82) is 0 Å². The summed E-state index contributed by atoms with van der Waals surface area (Å²) in [7, 11) is 0. The second-order valence-corrected chi connectivity index (χ2v) is 6.31. The van der Waals surface area contributed by atoms with Crippen molar-refractivity contribution < 1.29 is 9.47 Å². The van der Waals surface area contributed by atoms with E-state index in [-0.39, 0.29) is 12.2 Å². The molecule has 18 heavy (non-hydrogen) atoms. The minimum Gasteiger partial charge on any atom is -0.487 e. The van der Waals surface area contributed by atoms with Gasteiger partial charge in [-0.15, -0.1) is 0 Å². The van der Waals surface area contributed by atoms with E-state index < -0.39 is 0 Å². The second kappa shape index (κ2) is 5.81. The van der Waals surface area contributed by atoms with Gasteiger partial charge in [-0.1, -0.05) is 27.5 Å². The first kappa shape index (κ1) is 14.2. The Labute approximate surface area is 122 Å². The van der Waals surface area contributed by atoms with Gasteiger partial charge in [-0.3, -0.25) is 0 Å². The Bertz CT molecular complexity index is 413. The highest BCUT2D eigenvalue weighted by molar-refractivity contribution is 9.09. The van der Waals surface area contributed by atoms with Gasteiger partial charge >= 0.3 is 0 Å². The fourth-order valence-corrected chi connectivity index (χ4v) is 3.47. The molecule has 100 valence electrons. The molecule has 3 atom stereocenters. The van der Waals surface area contributed by atoms with Crippen LogP contribution < -0.4 is 4.74 Å². The first-order chi connectivity index (χ1) is 8.52. The predicted molar refractivity (Wildman–Crippen MR) is 78.1 cm³/mol. The molecule has 1 aliphatic rings. The number of benzene rings is 1. The lowest BCUT2D eigenvalue weighted by Gasteiger charge is -2.41. The van der Waals surface area contributed by atoms with E-state index in [1.807, 2.05) is 32.9 Å². The average Bonchev–Trinajstić information content (AvgIpc) is 2.29. The van der Waals surface area contributed by atoms with Gasteiger partial charge in [-0.05, 0) is 44.0 Å². The number of alkyl halides is 1. The van der Waals surface area contributed by atoms with Crippen LogP contribution in [0.1, 0.15) is 24.5 Å². The number of ether oxygens (including phenoxy) is 2. The van der Waals surface area contributed by atoms with Crippen LogP contribution >= 0.6 is 27.5 Å². The SMILES string of the molecule is CCOC1C(Br)CC1Oc1c(C)cc(Cl)cc1C. The molecule has 1 saturated carbocycles. The van der Waals surface area contributed by atoms with E-state index in [0.717, 1.165) is 28.3 Å². The number of halogens is 2. The summed E-state index contributed by atoms with van der Waals surface area (Å²) in [5, 5.41) is 0.755. The molecule has 0 saturated heterocycles. The molecule has 0 N–H and O–H groups in total. The van der Waals surface area contributed by atoms with Gasteiger partial charge in [-0.2, -0.15) is 0 Å². The van der Waals surface area contributed by atoms with E-state index in [0.29, 0.717) is 11.4 Å². The van der Waals surface area contributed by atoms with Gasteiger partial charge in [-0.25, -0.2) is 0 Å². The van der Waals surface area contributed by atoms with Crippen molar-refractivity contribution in [3.05, 3.63) is 28.3 Å². The third kappa shape index (κ3) is 2.84. The first-order valence-electron chi connectivity index (χ1n) is 6.22. The quantitative estimate of drug-likeness (QED) is 0.766. The Morgan fingerprint density at radius 3 is 2.44 bits per heavy atom. The van der Waals surface area contributed by atoms with Gasteiger partial charge in [0.25, 0.3) is 0 Å². The van der Waals surface area contributed by atoms with Gasteiger partial charge in [0.15, 0.2) is 0 Å². The van der Waals surface area contributed by atoms with E-state index in [4.69, 9.17) is 21.1 Å². The van der Waals surface area contributed by atoms with Gasteiger partial charge in [0.05, 0.1) is 0 Å². The average molecular weight is 334 g/mol. The molecule has 0 aromatic heterocycles. The molecule has 0 aliphatic heterocycles. The molecular formula is C14H18BrClO2. The molecule has 1 aliphatic carbocycles. The van der Waals surface area contributed by atoms with E-state index in [1.54, 1.807) is 0 Å². The summed E-state index contributed by atoms with van der Waals surface area (Å²) >= 11 is 9.62. The summed E-state index contributed by atoms with van der Waals surface area (Å²) in [6.07, 6.45) is 1.25. The molecule has 1 fully saturated rings. The summed E-state index contributed by atoms with van der Waals surface area (Å²) in [5.41, 5.74) is 2.15. The molecule has 3 unspecified atom stereocenters. The Morgan fingerprint density at radius 1 is 1.33 bits per heavy atom. The standard InChI is InChI=1S/C14H18BrClO2/c1-4-17-14-11(15)7-12(14)18-13-8(2)5-10(16)6-9(13)3/h5-6,11-12,14H,4,7H2,1-3H3. The van der Waals surface area contributed by atoms with Crippen molar-refractivity contribution in [2.24, 2.45) is 0 Å². The fourth-order valence-electron chi connectivity index (χ4n) is 2.28. The van der Waals surface area contributed by atoms with Crippen LogP contribution in [0.2, 0.25) is 5.02 Å². The maximum Gasteiger partial charge on any atom is 0.127 e. The van der Waals surface area contributed by atoms with Crippen molar-refractivity contribution in [3.63, 3.8) is 0 Å². The maximum absolute atomic E-state index is 6.09. The summed E-state index contributed by atoms with van der Waals surface area (Å²) in [4.78, 5) is 0.398. The molecule has 0 spiro atoms. The second-order valence-electron chi connectivity index (χ2n) is 4.70. The smallest absolute Gasteiger partial charge is 0.127 e. The van der Waals surface area contributed by atoms with Crippen LogP contribution in [0.5, 0.6) is 5.75 Å². The summed E-state index contributed by atoms with van der Waals surface area (Å²) < 4.78 is 11.8. The Kier molecular flexibility index (Phi) is 4.57. The summed E-state index contributed by atoms with van der Waals surface area (Å²) in [6, 6.07) is 3.87. The molecule has 2 nitrogen and oxygen atoms in total. The lowest BCUT2D eigenvalue weighted by Crippen LogP contribution is -2.52. The number of hydrogen-bond donors (Lipinski definition) is 0. The predicted octanol–water partition coefficient (Wildman–Crippen LogP) is 4.28. The van der Waals surface area contributed by atoms with Crippen LogP contribution in [0, 0.1) is 13.8 Å². The molecule has 0 amide bonds. The molecular weight excluding hydrogens is 316 g/mol. The van der Waals surface area contributed by atoms with Crippen LogP contribution in [0.15, 0.2) is 12.1 Å². The van der Waals surface area contributed by atoms with Crippen molar-refractivity contribution in [3.8, 4) is 5.75 Å². The van der Waals surface area contributed by atoms with Crippen molar-refractivity contribution in [2.45, 2.75) is 44.2 Å². The van der Waals surface area contributed by atoms with Gasteiger partial charge < -0.3 is 9.47 Å². The number of hydrogen-bond acceptors (Lipinski definition) is 2. The Hall–Kier alpha value is -0.250. The third-order valence-electron chi connectivity index (χ3n) is 3.23. The molecule has 2 rings (SSSR count). The molecule has 0 radical (unpaired) electrons. The van der Waals surface area contributed by atoms with Crippen LogP contribution in [0.3, 0.4) is 0 Å². The lowest BCUT2D eigenvalue weighted by molar-refractivity contribution is -0.0727. The first-order valence-corrected chi connectivity index (χ1v) is 7.51. The molecule has 1 aromatic rings. The zero-order valence-electron chi connectivity index (χ0n) is 10.9. The van der Waals surface area contributed by atoms with E-state index >= 15 is 0 Å². The molecule has 1 aromatic carbocycles. The minimum absolute atomic E-state index is 0.132. The summed E-state index contributed by atoms with van der Waals surface area (Å²) in [6.45, 7) is 6.77. The van der Waals surface area contributed by atoms with Crippen molar-refractivity contribution in [1.82, 2.24) is 0 Å². The topological polar surface area (TPSA) is 18.5 Å². The Balaban J connectivity index is 2.10. The van der Waals surface area contributed by atoms with Gasteiger partial charge in [0, 0.05) is 22.9 Å². The van der Waals surface area contributed by atoms with Crippen LogP contribution in [-0.4, -0.2) is 23.6 Å². The van der Waals surface area contributed by atoms with Crippen LogP contribution in [0.4, 0.5) is 0 Å². The number of aryl methyl sites for hydroxylation is 2. The van der Waals surface area contributed by atoms with Crippen LogP contribution in [-0.2, 0) is 4.74 Å².